The highest BCUT2D eigenvalue weighted by atomic mass is 19.4. The van der Waals surface area contributed by atoms with Crippen molar-refractivity contribution < 1.29 is 41.8 Å². The molecule has 8 nitrogen and oxygen atoms in total. The number of benzene rings is 2. The van der Waals surface area contributed by atoms with Crippen LogP contribution in [0.1, 0.15) is 31.1 Å². The van der Waals surface area contributed by atoms with Gasteiger partial charge in [-0.3, -0.25) is 19.3 Å². The second-order valence-corrected chi connectivity index (χ2v) is 6.13. The molecule has 30 heavy (non-hydrogen) atoms. The first-order chi connectivity index (χ1) is 14.0. The molecule has 0 bridgehead atoms. The fourth-order valence-electron chi connectivity index (χ4n) is 2.64. The molecule has 156 valence electrons. The second-order valence-electron chi connectivity index (χ2n) is 6.13. The van der Waals surface area contributed by atoms with Gasteiger partial charge in [0.1, 0.15) is 5.75 Å². The highest BCUT2D eigenvalue weighted by Gasteiger charge is 2.33. The number of amides is 3. The van der Waals surface area contributed by atoms with Crippen molar-refractivity contribution in [2.45, 2.75) is 6.36 Å². The summed E-state index contributed by atoms with van der Waals surface area (Å²) in [7, 11) is 1.34. The zero-order valence-corrected chi connectivity index (χ0v) is 15.3. The average molecular weight is 422 g/mol. The van der Waals surface area contributed by atoms with Crippen LogP contribution >= 0.6 is 0 Å². The highest BCUT2D eigenvalue weighted by molar-refractivity contribution is 6.21. The molecule has 0 aliphatic carbocycles. The van der Waals surface area contributed by atoms with Gasteiger partial charge in [-0.1, -0.05) is 0 Å². The number of halogens is 3. The van der Waals surface area contributed by atoms with Crippen molar-refractivity contribution in [3.8, 4) is 5.75 Å². The van der Waals surface area contributed by atoms with Crippen LogP contribution in [0, 0.1) is 0 Å². The molecule has 0 atom stereocenters. The van der Waals surface area contributed by atoms with E-state index in [1.54, 1.807) is 0 Å². The van der Waals surface area contributed by atoms with Gasteiger partial charge in [0.05, 0.1) is 16.7 Å². The number of carbonyl (C=O) groups excluding carboxylic acids is 4. The first-order valence-corrected chi connectivity index (χ1v) is 8.34. The first kappa shape index (κ1) is 20.8. The Kier molecular flexibility index (Phi) is 5.45. The fourth-order valence-corrected chi connectivity index (χ4v) is 2.64. The van der Waals surface area contributed by atoms with Gasteiger partial charge in [0, 0.05) is 12.7 Å². The van der Waals surface area contributed by atoms with Crippen molar-refractivity contribution in [3.63, 3.8) is 0 Å². The predicted octanol–water partition coefficient (Wildman–Crippen LogP) is 2.61. The number of nitrogens with zero attached hydrogens (tertiary/aromatic N) is 1. The van der Waals surface area contributed by atoms with Crippen molar-refractivity contribution in [1.29, 1.82) is 0 Å². The van der Waals surface area contributed by atoms with Crippen LogP contribution in [0.2, 0.25) is 0 Å². The fraction of sp³-hybridized carbons (Fsp3) is 0.158. The third-order valence-electron chi connectivity index (χ3n) is 4.03. The molecule has 1 aliphatic heterocycles. The molecule has 0 fully saturated rings. The number of hydrogen-bond donors (Lipinski definition) is 1. The monoisotopic (exact) mass is 422 g/mol. The number of alkyl halides is 3. The van der Waals surface area contributed by atoms with Crippen LogP contribution in [-0.2, 0) is 9.53 Å². The molecule has 0 radical (unpaired) electrons. The Balaban J connectivity index is 1.56. The number of fused-ring (bicyclic) bond motifs is 1. The molecule has 1 heterocycles. The Hall–Kier alpha value is -3.89. The van der Waals surface area contributed by atoms with E-state index in [9.17, 15) is 32.3 Å². The maximum absolute atomic E-state index is 12.1. The molecule has 0 aromatic heterocycles. The topological polar surface area (TPSA) is 102 Å². The van der Waals surface area contributed by atoms with E-state index in [0.29, 0.717) is 0 Å². The number of anilines is 1. The molecule has 0 saturated heterocycles. The van der Waals surface area contributed by atoms with Crippen LogP contribution < -0.4 is 10.1 Å². The summed E-state index contributed by atoms with van der Waals surface area (Å²) >= 11 is 0. The van der Waals surface area contributed by atoms with E-state index < -0.39 is 42.4 Å². The minimum absolute atomic E-state index is 0.0815. The Labute approximate surface area is 167 Å². The van der Waals surface area contributed by atoms with Crippen molar-refractivity contribution in [2.75, 3.05) is 19.0 Å². The number of ether oxygens (including phenoxy) is 2. The summed E-state index contributed by atoms with van der Waals surface area (Å²) in [4.78, 5) is 48.6. The quantitative estimate of drug-likeness (QED) is 0.587. The molecule has 0 spiro atoms. The van der Waals surface area contributed by atoms with Crippen LogP contribution in [0.15, 0.2) is 42.5 Å². The van der Waals surface area contributed by atoms with Crippen LogP contribution in [-0.4, -0.2) is 48.6 Å². The largest absolute Gasteiger partial charge is 0.573 e. The molecule has 3 rings (SSSR count). The van der Waals surface area contributed by atoms with Crippen LogP contribution in [0.5, 0.6) is 5.75 Å². The summed E-state index contributed by atoms with van der Waals surface area (Å²) in [6.07, 6.45) is -4.86. The SMILES string of the molecule is CN1C(=O)c2ccc(NC(=O)COC(=O)c3ccc(OC(F)(F)F)cc3)cc2C1=O. The molecule has 1 N–H and O–H groups in total. The zero-order valence-electron chi connectivity index (χ0n) is 15.3. The molecule has 2 aromatic rings. The number of hydrogen-bond acceptors (Lipinski definition) is 6. The third-order valence-corrected chi connectivity index (χ3v) is 4.03. The molecular weight excluding hydrogens is 409 g/mol. The van der Waals surface area contributed by atoms with E-state index in [1.165, 1.54) is 25.2 Å². The maximum Gasteiger partial charge on any atom is 0.573 e. The van der Waals surface area contributed by atoms with Gasteiger partial charge >= 0.3 is 12.3 Å². The maximum atomic E-state index is 12.1. The van der Waals surface area contributed by atoms with Gasteiger partial charge in [-0.05, 0) is 42.5 Å². The minimum atomic E-state index is -4.86. The summed E-state index contributed by atoms with van der Waals surface area (Å²) in [5, 5.41) is 2.42. The van der Waals surface area contributed by atoms with Crippen LogP contribution in [0.3, 0.4) is 0 Å². The first-order valence-electron chi connectivity index (χ1n) is 8.34. The van der Waals surface area contributed by atoms with Crippen LogP contribution in [0.4, 0.5) is 18.9 Å². The van der Waals surface area contributed by atoms with Gasteiger partial charge in [0.25, 0.3) is 17.7 Å². The van der Waals surface area contributed by atoms with Gasteiger partial charge < -0.3 is 14.8 Å². The Morgan fingerprint density at radius 1 is 1.00 bits per heavy atom. The average Bonchev–Trinajstić information content (AvgIpc) is 2.89. The number of imide groups is 1. The van der Waals surface area contributed by atoms with Crippen LogP contribution in [0.25, 0.3) is 0 Å². The van der Waals surface area contributed by atoms with E-state index in [0.717, 1.165) is 29.2 Å². The van der Waals surface area contributed by atoms with E-state index in [4.69, 9.17) is 4.74 Å². The van der Waals surface area contributed by atoms with Gasteiger partial charge in [0.15, 0.2) is 6.61 Å². The van der Waals surface area contributed by atoms with E-state index in [2.05, 4.69) is 10.1 Å². The molecular formula is C19H13F3N2O6. The third kappa shape index (κ3) is 4.57. The molecule has 1 aliphatic rings. The van der Waals surface area contributed by atoms with E-state index >= 15 is 0 Å². The van der Waals surface area contributed by atoms with Crippen molar-refractivity contribution in [1.82, 2.24) is 4.90 Å². The lowest BCUT2D eigenvalue weighted by atomic mass is 10.1. The summed E-state index contributed by atoms with van der Waals surface area (Å²) in [5.74, 6) is -3.11. The highest BCUT2D eigenvalue weighted by Crippen LogP contribution is 2.25. The Bertz CT molecular complexity index is 1030. The molecule has 0 unspecified atom stereocenters. The van der Waals surface area contributed by atoms with Crippen molar-refractivity contribution >= 4 is 29.4 Å². The van der Waals surface area contributed by atoms with Crippen molar-refractivity contribution in [2.24, 2.45) is 0 Å². The summed E-state index contributed by atoms with van der Waals surface area (Å²) < 4.78 is 44.9. The summed E-state index contributed by atoms with van der Waals surface area (Å²) in [6.45, 7) is -0.677. The van der Waals surface area contributed by atoms with Gasteiger partial charge in [-0.15, -0.1) is 13.2 Å². The van der Waals surface area contributed by atoms with Crippen molar-refractivity contribution in [3.05, 3.63) is 59.2 Å². The molecule has 2 aromatic carbocycles. The molecule has 0 saturated carbocycles. The lowest BCUT2D eigenvalue weighted by molar-refractivity contribution is -0.274. The molecule has 3 amide bonds. The number of carbonyl (C=O) groups is 4. The summed E-state index contributed by atoms with van der Waals surface area (Å²) in [6, 6.07) is 8.13. The lowest BCUT2D eigenvalue weighted by Crippen LogP contribution is -2.24. The minimum Gasteiger partial charge on any atom is -0.452 e. The normalized spacial score (nSPS) is 13.1. The number of rotatable bonds is 5. The second kappa shape index (κ2) is 7.85. The molecule has 11 heteroatoms. The van der Waals surface area contributed by atoms with Gasteiger partial charge in [-0.25, -0.2) is 4.79 Å². The number of esters is 1. The van der Waals surface area contributed by atoms with E-state index in [1.807, 2.05) is 0 Å². The zero-order chi connectivity index (χ0) is 22.1. The van der Waals surface area contributed by atoms with Gasteiger partial charge in [-0.2, -0.15) is 0 Å². The van der Waals surface area contributed by atoms with E-state index in [-0.39, 0.29) is 22.4 Å². The Morgan fingerprint density at radius 3 is 2.27 bits per heavy atom. The Morgan fingerprint density at radius 2 is 1.63 bits per heavy atom. The standard InChI is InChI=1S/C19H13F3N2O6/c1-24-16(26)13-7-4-11(8-14(13)17(24)27)23-15(25)9-29-18(28)10-2-5-12(6-3-10)30-19(20,21)22/h2-8H,9H2,1H3,(H,23,25). The smallest absolute Gasteiger partial charge is 0.452 e. The summed E-state index contributed by atoms with van der Waals surface area (Å²) in [5.41, 5.74) is 0.491. The number of nitrogens with one attached hydrogen (secondary N) is 1. The lowest BCUT2D eigenvalue weighted by Gasteiger charge is -2.09. The van der Waals surface area contributed by atoms with Gasteiger partial charge in [0.2, 0.25) is 0 Å². The predicted molar refractivity (Wildman–Crippen MR) is 94.9 cm³/mol.